The molecule has 37 heavy (non-hydrogen) atoms. The van der Waals surface area contributed by atoms with Gasteiger partial charge in [0, 0.05) is 0 Å². The second kappa shape index (κ2) is 11.6. The third kappa shape index (κ3) is 6.56. The second-order valence-electron chi connectivity index (χ2n) is 8.43. The fourth-order valence-electron chi connectivity index (χ4n) is 3.99. The summed E-state index contributed by atoms with van der Waals surface area (Å²) < 4.78 is 17.2. The molecule has 2 aromatic rings. The number of urea groups is 1. The first-order chi connectivity index (χ1) is 17.8. The zero-order valence-electron chi connectivity index (χ0n) is 20.3. The van der Waals surface area contributed by atoms with Crippen LogP contribution in [0.15, 0.2) is 72.9 Å². The van der Waals surface area contributed by atoms with Crippen LogP contribution in [0, 0.1) is 0 Å². The predicted octanol–water partition coefficient (Wildman–Crippen LogP) is 1.25. The van der Waals surface area contributed by atoms with E-state index in [2.05, 4.69) is 10.6 Å². The summed E-state index contributed by atoms with van der Waals surface area (Å²) in [4.78, 5) is 50.5. The molecule has 11 heteroatoms. The fourth-order valence-corrected chi connectivity index (χ4v) is 6.60. The Morgan fingerprint density at radius 2 is 1.76 bits per heavy atom. The van der Waals surface area contributed by atoms with Crippen LogP contribution in [0.2, 0.25) is 0 Å². The number of rotatable bonds is 8. The predicted molar refractivity (Wildman–Crippen MR) is 133 cm³/mol. The van der Waals surface area contributed by atoms with Gasteiger partial charge in [0.1, 0.15) is 0 Å². The normalized spacial score (nSPS) is 24.8. The number of carbonyl (C=O) groups is 4. The van der Waals surface area contributed by atoms with Gasteiger partial charge in [0.2, 0.25) is 0 Å². The molecule has 10 nitrogen and oxygen atoms in total. The molecule has 0 aromatic heterocycles. The van der Waals surface area contributed by atoms with Crippen LogP contribution in [0.1, 0.15) is 30.6 Å². The number of esters is 2. The SMILES string of the molecule is CC(=O)OC[C@]1([Se]c2ccccc2)O[C@@H](N2C=CC(NC(=O)c3ccccc3)NC2=O)C[C@@H]1OC(C)=O. The van der Waals surface area contributed by atoms with Gasteiger partial charge in [-0.25, -0.2) is 0 Å². The van der Waals surface area contributed by atoms with Gasteiger partial charge >= 0.3 is 215 Å². The molecule has 0 bridgehead atoms. The van der Waals surface area contributed by atoms with Gasteiger partial charge in [-0.3, -0.25) is 0 Å². The Bertz CT molecular complexity index is 1180. The molecule has 1 fully saturated rings. The van der Waals surface area contributed by atoms with Gasteiger partial charge in [-0.2, -0.15) is 0 Å². The Morgan fingerprint density at radius 1 is 1.08 bits per heavy atom. The van der Waals surface area contributed by atoms with E-state index in [9.17, 15) is 19.2 Å². The van der Waals surface area contributed by atoms with Crippen LogP contribution in [-0.2, 0) is 23.8 Å². The molecule has 2 aliphatic heterocycles. The van der Waals surface area contributed by atoms with Crippen molar-refractivity contribution < 1.29 is 33.4 Å². The molecule has 0 aliphatic carbocycles. The average molecular weight is 572 g/mol. The average Bonchev–Trinajstić information content (AvgIpc) is 3.20. The van der Waals surface area contributed by atoms with Crippen molar-refractivity contribution in [2.24, 2.45) is 0 Å². The van der Waals surface area contributed by atoms with Gasteiger partial charge in [0.15, 0.2) is 0 Å². The topological polar surface area (TPSA) is 123 Å². The summed E-state index contributed by atoms with van der Waals surface area (Å²) in [6, 6.07) is 17.7. The van der Waals surface area contributed by atoms with Crippen LogP contribution < -0.4 is 15.1 Å². The van der Waals surface area contributed by atoms with Gasteiger partial charge in [-0.05, 0) is 0 Å². The fraction of sp³-hybridized carbons (Fsp3) is 0.308. The van der Waals surface area contributed by atoms with Gasteiger partial charge in [-0.1, -0.05) is 6.07 Å². The third-order valence-corrected chi connectivity index (χ3v) is 8.44. The van der Waals surface area contributed by atoms with Crippen molar-refractivity contribution in [2.75, 3.05) is 6.61 Å². The van der Waals surface area contributed by atoms with Crippen LogP contribution in [0.25, 0.3) is 0 Å². The molecule has 2 aliphatic rings. The van der Waals surface area contributed by atoms with E-state index in [-0.39, 0.29) is 18.9 Å². The van der Waals surface area contributed by atoms with E-state index < -0.39 is 55.9 Å². The molecule has 4 atom stereocenters. The van der Waals surface area contributed by atoms with Crippen LogP contribution >= 0.6 is 0 Å². The first-order valence-electron chi connectivity index (χ1n) is 11.6. The molecule has 2 heterocycles. The zero-order valence-corrected chi connectivity index (χ0v) is 22.0. The Balaban J connectivity index is 1.53. The van der Waals surface area contributed by atoms with Gasteiger partial charge in [0.25, 0.3) is 0 Å². The number of benzene rings is 2. The first-order valence-corrected chi connectivity index (χ1v) is 13.3. The van der Waals surface area contributed by atoms with Crippen molar-refractivity contribution in [2.45, 2.75) is 43.3 Å². The number of nitrogens with zero attached hydrogens (tertiary/aromatic N) is 1. The molecule has 3 amide bonds. The minimum atomic E-state index is -1.15. The third-order valence-electron chi connectivity index (χ3n) is 5.65. The van der Waals surface area contributed by atoms with Crippen molar-refractivity contribution in [1.82, 2.24) is 15.5 Å². The molecule has 4 rings (SSSR count). The van der Waals surface area contributed by atoms with Gasteiger partial charge in [0.05, 0.1) is 0 Å². The number of carbonyl (C=O) groups excluding carboxylic acids is 4. The van der Waals surface area contributed by atoms with Crippen LogP contribution in [0.4, 0.5) is 4.79 Å². The maximum atomic E-state index is 13.0. The standard InChI is InChI=1S/C26H27N3O7Se/c1-17(30)34-16-26(37-20-11-7-4-8-12-20)21(35-18(2)31)15-23(36-26)29-14-13-22(28-25(29)33)27-24(32)19-9-5-3-6-10-19/h3-14,21-23H,15-16H2,1-2H3,(H,27,32)(H,28,33)/t21-,22?,23+,26+/m0/s1. The summed E-state index contributed by atoms with van der Waals surface area (Å²) in [5.41, 5.74) is 0.467. The van der Waals surface area contributed by atoms with E-state index in [4.69, 9.17) is 14.2 Å². The molecular weight excluding hydrogens is 545 g/mol. The summed E-state index contributed by atoms with van der Waals surface area (Å²) in [5.74, 6) is -1.33. The maximum absolute atomic E-state index is 13.0. The summed E-state index contributed by atoms with van der Waals surface area (Å²) >= 11 is -0.444. The van der Waals surface area contributed by atoms with Crippen molar-refractivity contribution in [1.29, 1.82) is 0 Å². The van der Waals surface area contributed by atoms with E-state index in [0.29, 0.717) is 5.56 Å². The molecule has 1 unspecified atom stereocenters. The van der Waals surface area contributed by atoms with Crippen LogP contribution in [-0.4, -0.2) is 73.3 Å². The van der Waals surface area contributed by atoms with E-state index in [0.717, 1.165) is 4.46 Å². The Labute approximate surface area is 220 Å². The molecule has 194 valence electrons. The number of nitrogens with one attached hydrogen (secondary N) is 2. The molecule has 0 radical (unpaired) electrons. The molecule has 0 spiro atoms. The van der Waals surface area contributed by atoms with Gasteiger partial charge < -0.3 is 0 Å². The molecule has 0 saturated carbocycles. The molecule has 2 aromatic carbocycles. The minimum absolute atomic E-state index is 0.138. The monoisotopic (exact) mass is 573 g/mol. The van der Waals surface area contributed by atoms with E-state index in [1.165, 1.54) is 24.9 Å². The quantitative estimate of drug-likeness (QED) is 0.361. The summed E-state index contributed by atoms with van der Waals surface area (Å²) in [7, 11) is 0. The van der Waals surface area contributed by atoms with Crippen molar-refractivity contribution >= 4 is 43.3 Å². The Kier molecular flexibility index (Phi) is 8.27. The van der Waals surface area contributed by atoms with Crippen LogP contribution in [0.5, 0.6) is 0 Å². The number of ether oxygens (including phenoxy) is 3. The summed E-state index contributed by atoms with van der Waals surface area (Å²) in [6.45, 7) is 2.45. The number of amides is 3. The van der Waals surface area contributed by atoms with E-state index in [1.807, 2.05) is 36.4 Å². The number of hydrogen-bond donors (Lipinski definition) is 2. The number of hydrogen-bond acceptors (Lipinski definition) is 7. The van der Waals surface area contributed by atoms with Crippen molar-refractivity contribution in [3.05, 3.63) is 78.5 Å². The van der Waals surface area contributed by atoms with E-state index >= 15 is 0 Å². The Morgan fingerprint density at radius 3 is 2.38 bits per heavy atom. The van der Waals surface area contributed by atoms with Crippen molar-refractivity contribution in [3.63, 3.8) is 0 Å². The Hall–Kier alpha value is -3.66. The van der Waals surface area contributed by atoms with Crippen LogP contribution in [0.3, 0.4) is 0 Å². The molecule has 1 saturated heterocycles. The summed E-state index contributed by atoms with van der Waals surface area (Å²) in [6.07, 6.45) is 1.05. The van der Waals surface area contributed by atoms with Crippen molar-refractivity contribution in [3.8, 4) is 0 Å². The van der Waals surface area contributed by atoms with E-state index in [1.54, 1.807) is 30.3 Å². The second-order valence-corrected chi connectivity index (χ2v) is 11.3. The first kappa shape index (κ1) is 26.4. The summed E-state index contributed by atoms with van der Waals surface area (Å²) in [5, 5.41) is 5.47. The zero-order chi connectivity index (χ0) is 26.4. The molecule has 2 N–H and O–H groups in total. The van der Waals surface area contributed by atoms with Gasteiger partial charge in [-0.15, -0.1) is 0 Å². The molecular formula is C26H27N3O7Se.